The summed E-state index contributed by atoms with van der Waals surface area (Å²) in [6, 6.07) is 3.12. The number of amides is 1. The normalized spacial score (nSPS) is 12.4. The molecule has 94 valence electrons. The first-order valence-electron chi connectivity index (χ1n) is 4.95. The number of alkyl halides is 3. The number of pyridine rings is 1. The van der Waals surface area contributed by atoms with Crippen molar-refractivity contribution in [2.45, 2.75) is 24.6 Å². The highest BCUT2D eigenvalue weighted by Gasteiger charge is 2.25. The molecule has 3 nitrogen and oxygen atoms in total. The number of hydrogen-bond acceptors (Lipinski definition) is 2. The summed E-state index contributed by atoms with van der Waals surface area (Å²) in [6.45, 7) is 5.42. The van der Waals surface area contributed by atoms with Gasteiger partial charge in [-0.25, -0.2) is 4.98 Å². The highest BCUT2D eigenvalue weighted by atomic mass is 35.6. The van der Waals surface area contributed by atoms with Crippen molar-refractivity contribution in [3.8, 4) is 0 Å². The van der Waals surface area contributed by atoms with Gasteiger partial charge in [-0.05, 0) is 12.1 Å². The van der Waals surface area contributed by atoms with Gasteiger partial charge >= 0.3 is 0 Å². The number of aromatic nitrogens is 1. The first-order chi connectivity index (χ1) is 7.60. The van der Waals surface area contributed by atoms with Crippen LogP contribution in [0.4, 0.5) is 5.82 Å². The van der Waals surface area contributed by atoms with Crippen LogP contribution in [0.1, 0.15) is 26.3 Å². The first kappa shape index (κ1) is 14.6. The largest absolute Gasteiger partial charge is 0.310 e. The quantitative estimate of drug-likeness (QED) is 0.799. The molecule has 1 aromatic rings. The lowest BCUT2D eigenvalue weighted by molar-refractivity contribution is -0.123. The van der Waals surface area contributed by atoms with E-state index in [0.29, 0.717) is 11.4 Å². The maximum absolute atomic E-state index is 11.7. The van der Waals surface area contributed by atoms with Gasteiger partial charge in [0.1, 0.15) is 5.82 Å². The molecule has 1 aromatic heterocycles. The van der Waals surface area contributed by atoms with Gasteiger partial charge in [0, 0.05) is 17.2 Å². The van der Waals surface area contributed by atoms with Crippen molar-refractivity contribution in [3.63, 3.8) is 0 Å². The number of nitrogens with zero attached hydrogens (tertiary/aromatic N) is 1. The van der Waals surface area contributed by atoms with Crippen LogP contribution in [0.15, 0.2) is 18.3 Å². The van der Waals surface area contributed by atoms with Gasteiger partial charge in [-0.15, -0.1) is 0 Å². The fourth-order valence-corrected chi connectivity index (χ4v) is 1.33. The zero-order valence-electron chi connectivity index (χ0n) is 9.72. The Hall–Kier alpha value is -0.510. The molecular weight excluding hydrogens is 282 g/mol. The Morgan fingerprint density at radius 3 is 2.35 bits per heavy atom. The molecule has 0 radical (unpaired) electrons. The van der Waals surface area contributed by atoms with E-state index in [4.69, 9.17) is 34.8 Å². The Kier molecular flexibility index (Phi) is 4.28. The van der Waals surface area contributed by atoms with Crippen LogP contribution >= 0.6 is 34.8 Å². The molecule has 0 aliphatic heterocycles. The van der Waals surface area contributed by atoms with Crippen molar-refractivity contribution >= 4 is 46.5 Å². The third-order valence-corrected chi connectivity index (χ3v) is 2.66. The molecule has 1 amide bonds. The number of nitrogens with one attached hydrogen (secondary N) is 1. The van der Waals surface area contributed by atoms with Crippen LogP contribution in [-0.4, -0.2) is 10.9 Å². The van der Waals surface area contributed by atoms with E-state index in [0.717, 1.165) is 0 Å². The maximum Gasteiger partial charge on any atom is 0.230 e. The predicted octanol–water partition coefficient (Wildman–Crippen LogP) is 3.89. The fraction of sp³-hybridized carbons (Fsp3) is 0.455. The molecule has 1 rings (SSSR count). The first-order valence-corrected chi connectivity index (χ1v) is 6.09. The lowest BCUT2D eigenvalue weighted by atomic mass is 9.96. The molecule has 1 N–H and O–H groups in total. The van der Waals surface area contributed by atoms with Gasteiger partial charge in [0.25, 0.3) is 0 Å². The van der Waals surface area contributed by atoms with E-state index < -0.39 is 9.21 Å². The predicted molar refractivity (Wildman–Crippen MR) is 71.6 cm³/mol. The van der Waals surface area contributed by atoms with Crippen LogP contribution in [0.25, 0.3) is 0 Å². The number of halogens is 3. The minimum atomic E-state index is -1.52. The average Bonchev–Trinajstić information content (AvgIpc) is 2.15. The number of carbonyl (C=O) groups is 1. The van der Waals surface area contributed by atoms with Crippen LogP contribution in [0, 0.1) is 5.41 Å². The van der Waals surface area contributed by atoms with Crippen molar-refractivity contribution in [2.75, 3.05) is 5.32 Å². The van der Waals surface area contributed by atoms with E-state index in [1.54, 1.807) is 26.8 Å². The van der Waals surface area contributed by atoms with E-state index in [-0.39, 0.29) is 5.91 Å². The second-order valence-electron chi connectivity index (χ2n) is 4.63. The Morgan fingerprint density at radius 1 is 1.29 bits per heavy atom. The molecule has 0 saturated carbocycles. The Labute approximate surface area is 115 Å². The van der Waals surface area contributed by atoms with E-state index >= 15 is 0 Å². The zero-order valence-corrected chi connectivity index (χ0v) is 12.0. The van der Waals surface area contributed by atoms with Gasteiger partial charge in [0.05, 0.1) is 0 Å². The third-order valence-electron chi connectivity index (χ3n) is 2.01. The van der Waals surface area contributed by atoms with Gasteiger partial charge in [-0.3, -0.25) is 4.79 Å². The number of hydrogen-bond donors (Lipinski definition) is 1. The van der Waals surface area contributed by atoms with Crippen molar-refractivity contribution in [1.82, 2.24) is 4.98 Å². The molecule has 1 heterocycles. The van der Waals surface area contributed by atoms with E-state index in [2.05, 4.69) is 10.3 Å². The molecule has 0 aliphatic carbocycles. The SMILES string of the molecule is CC(C)(C)C(=O)Nc1cc(C(Cl)(Cl)Cl)ccn1. The number of anilines is 1. The topological polar surface area (TPSA) is 42.0 Å². The van der Waals surface area contributed by atoms with Crippen LogP contribution in [0.3, 0.4) is 0 Å². The summed E-state index contributed by atoms with van der Waals surface area (Å²) in [5, 5.41) is 2.67. The summed E-state index contributed by atoms with van der Waals surface area (Å²) in [5.74, 6) is 0.222. The van der Waals surface area contributed by atoms with E-state index in [1.165, 1.54) is 12.3 Å². The van der Waals surface area contributed by atoms with E-state index in [1.807, 2.05) is 0 Å². The minimum absolute atomic E-state index is 0.147. The van der Waals surface area contributed by atoms with Gasteiger partial charge < -0.3 is 5.32 Å². The Morgan fingerprint density at radius 2 is 1.88 bits per heavy atom. The molecule has 17 heavy (non-hydrogen) atoms. The highest BCUT2D eigenvalue weighted by Crippen LogP contribution is 2.38. The van der Waals surface area contributed by atoms with Crippen molar-refractivity contribution in [3.05, 3.63) is 23.9 Å². The summed E-state index contributed by atoms with van der Waals surface area (Å²) in [6.07, 6.45) is 1.48. The standard InChI is InChI=1S/C11H13Cl3N2O/c1-10(2,3)9(17)16-8-6-7(4-5-15-8)11(12,13)14/h4-6H,1-3H3,(H,15,16,17). The van der Waals surface area contributed by atoms with Gasteiger partial charge in [-0.1, -0.05) is 55.6 Å². The van der Waals surface area contributed by atoms with Crippen LogP contribution < -0.4 is 5.32 Å². The molecule has 6 heteroatoms. The third kappa shape index (κ3) is 4.34. The number of rotatable bonds is 1. The molecule has 0 saturated heterocycles. The summed E-state index contributed by atoms with van der Waals surface area (Å²) in [4.78, 5) is 15.7. The molecule has 0 aliphatic rings. The maximum atomic E-state index is 11.7. The monoisotopic (exact) mass is 294 g/mol. The van der Waals surface area contributed by atoms with Gasteiger partial charge in [0.15, 0.2) is 0 Å². The second kappa shape index (κ2) is 5.01. The lowest BCUT2D eigenvalue weighted by Gasteiger charge is -2.18. The smallest absolute Gasteiger partial charge is 0.230 e. The summed E-state index contributed by atoms with van der Waals surface area (Å²) in [5.41, 5.74) is -0.0424. The lowest BCUT2D eigenvalue weighted by Crippen LogP contribution is -2.28. The molecule has 0 aromatic carbocycles. The highest BCUT2D eigenvalue weighted by molar-refractivity contribution is 6.66. The summed E-state index contributed by atoms with van der Waals surface area (Å²) in [7, 11) is 0. The fourth-order valence-electron chi connectivity index (χ4n) is 0.979. The van der Waals surface area contributed by atoms with Crippen molar-refractivity contribution in [2.24, 2.45) is 5.41 Å². The Bertz CT molecular complexity index is 421. The van der Waals surface area contributed by atoms with Crippen LogP contribution in [0.2, 0.25) is 0 Å². The molecule has 0 atom stereocenters. The van der Waals surface area contributed by atoms with Crippen molar-refractivity contribution < 1.29 is 4.79 Å². The van der Waals surface area contributed by atoms with Crippen LogP contribution in [0.5, 0.6) is 0 Å². The van der Waals surface area contributed by atoms with Gasteiger partial charge in [0.2, 0.25) is 9.70 Å². The summed E-state index contributed by atoms with van der Waals surface area (Å²) >= 11 is 17.2. The molecule has 0 bridgehead atoms. The Balaban J connectivity index is 2.91. The van der Waals surface area contributed by atoms with Crippen molar-refractivity contribution in [1.29, 1.82) is 0 Å². The molecule has 0 fully saturated rings. The van der Waals surface area contributed by atoms with Crippen LogP contribution in [-0.2, 0) is 8.59 Å². The molecular formula is C11H13Cl3N2O. The minimum Gasteiger partial charge on any atom is -0.310 e. The molecule has 0 unspecified atom stereocenters. The summed E-state index contributed by atoms with van der Waals surface area (Å²) < 4.78 is -1.52. The zero-order chi connectivity index (χ0) is 13.3. The van der Waals surface area contributed by atoms with E-state index in [9.17, 15) is 4.79 Å². The average molecular weight is 296 g/mol. The second-order valence-corrected chi connectivity index (χ2v) is 6.91. The van der Waals surface area contributed by atoms with Gasteiger partial charge in [-0.2, -0.15) is 0 Å². The number of carbonyl (C=O) groups excluding carboxylic acids is 1. The molecule has 0 spiro atoms.